The molecule has 12 heteroatoms. The standard InChI is InChI=1S/C31H41N3O8S/c1-23(2)21-34(43(38,39)25-14-15-26-27(19-25)41-22-40-26)31(37,20-24-11-7-6-8-12-24)16-18-32-28(35)13-9-10-17-33-29(36)42-30(3,4)5/h6-8,11-12,14-15,19,23,37H,9,13,16,18,20-22H2,1-5H3,(H,32,35)(H,33,36). The van der Waals surface area contributed by atoms with E-state index in [2.05, 4.69) is 22.6 Å². The molecule has 0 fully saturated rings. The van der Waals surface area contributed by atoms with Crippen LogP contribution >= 0.6 is 0 Å². The number of carbonyl (C=O) groups excluding carboxylic acids is 2. The number of carbonyl (C=O) groups is 2. The molecule has 3 rings (SSSR count). The van der Waals surface area contributed by atoms with E-state index in [1.54, 1.807) is 20.8 Å². The molecule has 0 aromatic heterocycles. The number of ether oxygens (including phenoxy) is 3. The van der Waals surface area contributed by atoms with Crippen molar-refractivity contribution in [2.24, 2.45) is 5.92 Å². The highest BCUT2D eigenvalue weighted by atomic mass is 32.2. The predicted octanol–water partition coefficient (Wildman–Crippen LogP) is 3.77. The van der Waals surface area contributed by atoms with Crippen LogP contribution in [0.2, 0.25) is 0 Å². The number of alkyl carbamates (subject to hydrolysis) is 1. The van der Waals surface area contributed by atoms with Crippen LogP contribution in [0.3, 0.4) is 0 Å². The number of hydrogen-bond donors (Lipinski definition) is 3. The lowest BCUT2D eigenvalue weighted by Gasteiger charge is -2.40. The summed E-state index contributed by atoms with van der Waals surface area (Å²) < 4.78 is 45.1. The van der Waals surface area contributed by atoms with E-state index in [1.165, 1.54) is 18.2 Å². The molecule has 0 aliphatic carbocycles. The van der Waals surface area contributed by atoms with Gasteiger partial charge in [0.1, 0.15) is 11.3 Å². The highest BCUT2D eigenvalue weighted by molar-refractivity contribution is 7.89. The molecular formula is C31H41N3O8S. The fourth-order valence-corrected chi connectivity index (χ4v) is 6.19. The Morgan fingerprint density at radius 2 is 1.79 bits per heavy atom. The minimum Gasteiger partial charge on any atom is -0.454 e. The van der Waals surface area contributed by atoms with Gasteiger partial charge in [-0.3, -0.25) is 4.79 Å². The largest absolute Gasteiger partial charge is 0.454 e. The van der Waals surface area contributed by atoms with Crippen LogP contribution < -0.4 is 20.1 Å². The molecule has 0 saturated heterocycles. The van der Waals surface area contributed by atoms with Crippen LogP contribution in [-0.4, -0.2) is 61.0 Å². The van der Waals surface area contributed by atoms with Crippen molar-refractivity contribution < 1.29 is 37.3 Å². The third-order valence-electron chi connectivity index (χ3n) is 6.23. The third-order valence-corrected chi connectivity index (χ3v) is 8.15. The van der Waals surface area contributed by atoms with Crippen LogP contribution in [0.25, 0.3) is 0 Å². The quantitative estimate of drug-likeness (QED) is 0.186. The summed E-state index contributed by atoms with van der Waals surface area (Å²) in [6.45, 7) is 8.99. The summed E-state index contributed by atoms with van der Waals surface area (Å²) in [5.74, 6) is 3.00. The fourth-order valence-electron chi connectivity index (χ4n) is 4.34. The van der Waals surface area contributed by atoms with Crippen LogP contribution in [0.5, 0.6) is 11.5 Å². The van der Waals surface area contributed by atoms with Gasteiger partial charge in [0.05, 0.1) is 4.90 Å². The van der Waals surface area contributed by atoms with Crippen molar-refractivity contribution in [2.75, 3.05) is 19.9 Å². The van der Waals surface area contributed by atoms with E-state index >= 15 is 0 Å². The predicted molar refractivity (Wildman–Crippen MR) is 160 cm³/mol. The van der Waals surface area contributed by atoms with Crippen molar-refractivity contribution in [3.8, 4) is 23.5 Å². The average Bonchev–Trinajstić information content (AvgIpc) is 3.39. The highest BCUT2D eigenvalue weighted by Crippen LogP contribution is 2.37. The molecule has 2 aromatic carbocycles. The summed E-state index contributed by atoms with van der Waals surface area (Å²) in [6, 6.07) is 15.9. The van der Waals surface area contributed by atoms with E-state index in [0.717, 1.165) is 9.87 Å². The number of aliphatic hydroxyl groups is 1. The van der Waals surface area contributed by atoms with Crippen molar-refractivity contribution >= 4 is 22.0 Å². The molecule has 2 aromatic rings. The van der Waals surface area contributed by atoms with Gasteiger partial charge in [-0.2, -0.15) is 4.31 Å². The summed E-state index contributed by atoms with van der Waals surface area (Å²) in [6.07, 6.45) is -0.527. The first-order chi connectivity index (χ1) is 20.2. The molecule has 234 valence electrons. The second-order valence-corrected chi connectivity index (χ2v) is 13.5. The van der Waals surface area contributed by atoms with Crippen LogP contribution in [0.4, 0.5) is 4.79 Å². The van der Waals surface area contributed by atoms with Gasteiger partial charge in [0.15, 0.2) is 11.5 Å². The second-order valence-electron chi connectivity index (χ2n) is 11.6. The zero-order valence-electron chi connectivity index (χ0n) is 25.3. The zero-order chi connectivity index (χ0) is 31.7. The molecular weight excluding hydrogens is 574 g/mol. The number of nitrogens with one attached hydrogen (secondary N) is 2. The van der Waals surface area contributed by atoms with Gasteiger partial charge >= 0.3 is 6.09 Å². The van der Waals surface area contributed by atoms with E-state index in [1.807, 2.05) is 44.2 Å². The molecule has 0 saturated carbocycles. The van der Waals surface area contributed by atoms with Gasteiger partial charge in [0.25, 0.3) is 0 Å². The Kier molecular flexibility index (Phi) is 11.4. The Balaban J connectivity index is 1.74. The van der Waals surface area contributed by atoms with Gasteiger partial charge in [-0.25, -0.2) is 18.5 Å². The Bertz CT molecular complexity index is 1430. The van der Waals surface area contributed by atoms with Crippen LogP contribution in [0, 0.1) is 17.9 Å². The normalized spacial score (nSPS) is 14.0. The first-order valence-electron chi connectivity index (χ1n) is 14.1. The molecule has 1 aliphatic rings. The Morgan fingerprint density at radius 1 is 1.09 bits per heavy atom. The van der Waals surface area contributed by atoms with Crippen LogP contribution in [0.1, 0.15) is 59.4 Å². The molecule has 1 heterocycles. The summed E-state index contributed by atoms with van der Waals surface area (Å²) >= 11 is 0. The molecule has 1 unspecified atom stereocenters. The molecule has 43 heavy (non-hydrogen) atoms. The van der Waals surface area contributed by atoms with Gasteiger partial charge in [-0.15, -0.1) is 0 Å². The molecule has 2 amide bonds. The van der Waals surface area contributed by atoms with Crippen molar-refractivity contribution in [2.45, 2.75) is 76.5 Å². The van der Waals surface area contributed by atoms with E-state index < -0.39 is 27.4 Å². The number of rotatable bonds is 12. The van der Waals surface area contributed by atoms with E-state index in [4.69, 9.17) is 14.2 Å². The maximum absolute atomic E-state index is 14.1. The fraction of sp³-hybridized carbons (Fsp3) is 0.484. The summed E-state index contributed by atoms with van der Waals surface area (Å²) in [7, 11) is -4.21. The number of amides is 2. The van der Waals surface area contributed by atoms with E-state index in [0.29, 0.717) is 11.5 Å². The average molecular weight is 616 g/mol. The van der Waals surface area contributed by atoms with Gasteiger partial charge < -0.3 is 24.6 Å². The lowest BCUT2D eigenvalue weighted by molar-refractivity contribution is -0.121. The first kappa shape index (κ1) is 33.7. The van der Waals surface area contributed by atoms with Crippen molar-refractivity contribution in [3.63, 3.8) is 0 Å². The number of fused-ring (bicyclic) bond motifs is 1. The number of nitrogens with zero attached hydrogens (tertiary/aromatic N) is 1. The second kappa shape index (κ2) is 14.6. The van der Waals surface area contributed by atoms with Gasteiger partial charge in [0, 0.05) is 50.9 Å². The molecule has 1 atom stereocenters. The number of hydrogen-bond acceptors (Lipinski definition) is 8. The molecule has 0 radical (unpaired) electrons. The Labute approximate surface area is 253 Å². The minimum atomic E-state index is -4.21. The summed E-state index contributed by atoms with van der Waals surface area (Å²) in [5.41, 5.74) is -1.79. The smallest absolute Gasteiger partial charge is 0.419 e. The molecule has 3 N–H and O–H groups in total. The van der Waals surface area contributed by atoms with Crippen molar-refractivity contribution in [1.82, 2.24) is 14.9 Å². The number of sulfonamides is 1. The Morgan fingerprint density at radius 3 is 2.47 bits per heavy atom. The lowest BCUT2D eigenvalue weighted by atomic mass is 9.98. The zero-order valence-corrected chi connectivity index (χ0v) is 26.1. The van der Waals surface area contributed by atoms with E-state index in [9.17, 15) is 23.1 Å². The highest BCUT2D eigenvalue weighted by Gasteiger charge is 2.43. The van der Waals surface area contributed by atoms with Crippen molar-refractivity contribution in [3.05, 3.63) is 54.1 Å². The molecule has 0 bridgehead atoms. The maximum Gasteiger partial charge on any atom is 0.419 e. The van der Waals surface area contributed by atoms with Crippen LogP contribution in [0.15, 0.2) is 53.4 Å². The monoisotopic (exact) mass is 615 g/mol. The summed E-state index contributed by atoms with van der Waals surface area (Å²) in [4.78, 5) is 24.1. The van der Waals surface area contributed by atoms with Gasteiger partial charge in [0.2, 0.25) is 22.7 Å². The number of benzene rings is 2. The molecule has 0 spiro atoms. The first-order valence-corrected chi connectivity index (χ1v) is 15.6. The van der Waals surface area contributed by atoms with E-state index in [-0.39, 0.29) is 62.3 Å². The van der Waals surface area contributed by atoms with Crippen LogP contribution in [-0.2, 0) is 26.0 Å². The minimum absolute atomic E-state index is 0.00196. The maximum atomic E-state index is 14.1. The molecule has 11 nitrogen and oxygen atoms in total. The SMILES string of the molecule is CC(C)CN(C(O)(CCNC(=O)CCC#CNC(=O)OC(C)(C)C)Cc1ccccc1)S(=O)(=O)c1ccc2c(c1)OCO2. The van der Waals surface area contributed by atoms with Gasteiger partial charge in [-0.1, -0.05) is 50.1 Å². The topological polar surface area (TPSA) is 143 Å². The van der Waals surface area contributed by atoms with Crippen molar-refractivity contribution in [1.29, 1.82) is 0 Å². The molecule has 1 aliphatic heterocycles. The lowest BCUT2D eigenvalue weighted by Crippen LogP contribution is -2.55. The third kappa shape index (κ3) is 10.2. The van der Waals surface area contributed by atoms with Gasteiger partial charge in [-0.05, 0) is 44.4 Å². The summed E-state index contributed by atoms with van der Waals surface area (Å²) in [5, 5.41) is 17.2. The Hall–Kier alpha value is -3.79.